The molecule has 3 aromatic rings. The maximum atomic E-state index is 13.2. The van der Waals surface area contributed by atoms with Crippen LogP contribution in [0.25, 0.3) is 0 Å². The van der Waals surface area contributed by atoms with Gasteiger partial charge in [-0.2, -0.15) is 0 Å². The molecule has 7 nitrogen and oxygen atoms in total. The predicted molar refractivity (Wildman–Crippen MR) is 121 cm³/mol. The Morgan fingerprint density at radius 2 is 1.61 bits per heavy atom. The summed E-state index contributed by atoms with van der Waals surface area (Å²) >= 11 is 1.43. The van der Waals surface area contributed by atoms with Gasteiger partial charge in [0.05, 0.1) is 10.5 Å². The first-order valence-corrected chi connectivity index (χ1v) is 10.8. The van der Waals surface area contributed by atoms with Crippen molar-refractivity contribution in [1.29, 1.82) is 0 Å². The number of aryl methyl sites for hydroxylation is 2. The molecule has 0 fully saturated rings. The third kappa shape index (κ3) is 4.49. The lowest BCUT2D eigenvalue weighted by atomic mass is 9.95. The number of non-ortho nitro benzene ring substituents is 1. The Labute approximate surface area is 183 Å². The fourth-order valence-electron chi connectivity index (χ4n) is 3.63. The molecule has 31 heavy (non-hydrogen) atoms. The van der Waals surface area contributed by atoms with E-state index in [2.05, 4.69) is 10.6 Å². The molecule has 0 atom stereocenters. The largest absolute Gasteiger partial charge is 0.322 e. The monoisotopic (exact) mass is 435 g/mol. The summed E-state index contributed by atoms with van der Waals surface area (Å²) in [6.07, 6.45) is 3.75. The van der Waals surface area contributed by atoms with Crippen molar-refractivity contribution in [3.05, 3.63) is 85.8 Å². The van der Waals surface area contributed by atoms with Crippen molar-refractivity contribution in [3.63, 3.8) is 0 Å². The van der Waals surface area contributed by atoms with E-state index in [-0.39, 0.29) is 11.6 Å². The Bertz CT molecular complexity index is 1150. The van der Waals surface area contributed by atoms with Gasteiger partial charge in [-0.05, 0) is 62.4 Å². The molecule has 0 saturated carbocycles. The minimum atomic E-state index is -0.511. The molecule has 158 valence electrons. The normalized spacial score (nSPS) is 12.7. The summed E-state index contributed by atoms with van der Waals surface area (Å²) in [7, 11) is 0. The third-order valence-corrected chi connectivity index (χ3v) is 6.48. The molecule has 0 spiro atoms. The van der Waals surface area contributed by atoms with Crippen molar-refractivity contribution in [2.24, 2.45) is 0 Å². The molecule has 2 amide bonds. The second kappa shape index (κ2) is 8.69. The summed E-state index contributed by atoms with van der Waals surface area (Å²) in [4.78, 5) is 37.4. The number of benzene rings is 2. The molecule has 8 heteroatoms. The summed E-state index contributed by atoms with van der Waals surface area (Å²) in [5.74, 6) is -0.653. The maximum Gasteiger partial charge on any atom is 0.269 e. The van der Waals surface area contributed by atoms with Crippen LogP contribution in [0.2, 0.25) is 0 Å². The van der Waals surface area contributed by atoms with Gasteiger partial charge >= 0.3 is 0 Å². The number of thiophene rings is 1. The van der Waals surface area contributed by atoms with Crippen LogP contribution in [0.5, 0.6) is 0 Å². The highest BCUT2D eigenvalue weighted by atomic mass is 32.1. The molecule has 0 aliphatic heterocycles. The van der Waals surface area contributed by atoms with Crippen LogP contribution in [0.3, 0.4) is 0 Å². The first kappa shape index (κ1) is 20.7. The fraction of sp³-hybridized carbons (Fsp3) is 0.217. The molecule has 0 unspecified atom stereocenters. The number of hydrogen-bond donors (Lipinski definition) is 2. The minimum Gasteiger partial charge on any atom is -0.322 e. The van der Waals surface area contributed by atoms with E-state index in [1.165, 1.54) is 35.6 Å². The smallest absolute Gasteiger partial charge is 0.269 e. The molecular formula is C23H21N3O4S. The van der Waals surface area contributed by atoms with Gasteiger partial charge in [0.2, 0.25) is 0 Å². The van der Waals surface area contributed by atoms with Gasteiger partial charge in [0.15, 0.2) is 0 Å². The van der Waals surface area contributed by atoms with Crippen molar-refractivity contribution < 1.29 is 14.5 Å². The molecule has 1 aliphatic carbocycles. The zero-order valence-electron chi connectivity index (χ0n) is 16.9. The highest BCUT2D eigenvalue weighted by molar-refractivity contribution is 7.17. The number of fused-ring (bicyclic) bond motifs is 1. The summed E-state index contributed by atoms with van der Waals surface area (Å²) in [6.45, 7) is 1.98. The second-order valence-electron chi connectivity index (χ2n) is 7.49. The average molecular weight is 436 g/mol. The van der Waals surface area contributed by atoms with Crippen LogP contribution in [0.1, 0.15) is 49.6 Å². The number of hydrogen-bond acceptors (Lipinski definition) is 5. The highest BCUT2D eigenvalue weighted by Gasteiger charge is 2.26. The number of amides is 2. The summed E-state index contributed by atoms with van der Waals surface area (Å²) in [6, 6.07) is 13.0. The first-order chi connectivity index (χ1) is 14.9. The van der Waals surface area contributed by atoms with Gasteiger partial charge in [-0.15, -0.1) is 11.3 Å². The van der Waals surface area contributed by atoms with E-state index in [0.717, 1.165) is 41.7 Å². The maximum absolute atomic E-state index is 13.2. The molecule has 1 aliphatic rings. The van der Waals surface area contributed by atoms with Crippen LogP contribution < -0.4 is 10.6 Å². The first-order valence-electron chi connectivity index (χ1n) is 10.0. The Morgan fingerprint density at radius 1 is 0.935 bits per heavy atom. The van der Waals surface area contributed by atoms with Crippen molar-refractivity contribution in [3.8, 4) is 0 Å². The number of nitrogens with one attached hydrogen (secondary N) is 2. The Morgan fingerprint density at radius 3 is 2.29 bits per heavy atom. The SMILES string of the molecule is Cc1ccc(NC(=O)c2c(NC(=O)c3ccc([N+](=O)[O-])cc3)sc3c2CCCC3)cc1. The third-order valence-electron chi connectivity index (χ3n) is 5.28. The number of carbonyl (C=O) groups is 2. The van der Waals surface area contributed by atoms with Gasteiger partial charge in [0.1, 0.15) is 5.00 Å². The Balaban J connectivity index is 1.61. The Kier molecular flexibility index (Phi) is 5.81. The lowest BCUT2D eigenvalue weighted by Crippen LogP contribution is -2.18. The zero-order chi connectivity index (χ0) is 22.0. The summed E-state index contributed by atoms with van der Waals surface area (Å²) in [5, 5.41) is 17.1. The van der Waals surface area contributed by atoms with E-state index >= 15 is 0 Å². The molecule has 0 saturated heterocycles. The molecule has 1 heterocycles. The molecule has 0 radical (unpaired) electrons. The lowest BCUT2D eigenvalue weighted by Gasteiger charge is -2.13. The van der Waals surface area contributed by atoms with E-state index in [0.29, 0.717) is 21.8 Å². The number of rotatable bonds is 5. The molecule has 2 aromatic carbocycles. The summed E-state index contributed by atoms with van der Waals surface area (Å²) in [5.41, 5.74) is 3.51. The van der Waals surface area contributed by atoms with Crippen LogP contribution >= 0.6 is 11.3 Å². The van der Waals surface area contributed by atoms with E-state index in [1.54, 1.807) is 0 Å². The van der Waals surface area contributed by atoms with Crippen LogP contribution in [-0.4, -0.2) is 16.7 Å². The molecular weight excluding hydrogens is 414 g/mol. The number of nitro benzene ring substituents is 1. The average Bonchev–Trinajstić information content (AvgIpc) is 3.13. The van der Waals surface area contributed by atoms with Gasteiger partial charge in [-0.1, -0.05) is 17.7 Å². The van der Waals surface area contributed by atoms with Gasteiger partial charge in [0.25, 0.3) is 17.5 Å². The van der Waals surface area contributed by atoms with Gasteiger partial charge in [-0.3, -0.25) is 19.7 Å². The number of nitrogens with zero attached hydrogens (tertiary/aromatic N) is 1. The summed E-state index contributed by atoms with van der Waals surface area (Å²) < 4.78 is 0. The standard InChI is InChI=1S/C23H21N3O4S/c1-14-6-10-16(11-7-14)24-22(28)20-18-4-2-3-5-19(18)31-23(20)25-21(27)15-8-12-17(13-9-15)26(29)30/h6-13H,2-5H2,1H3,(H,24,28)(H,25,27). The van der Waals surface area contributed by atoms with Crippen molar-refractivity contribution in [2.75, 3.05) is 10.6 Å². The predicted octanol–water partition coefficient (Wildman–Crippen LogP) is 5.35. The molecule has 1 aromatic heterocycles. The quantitative estimate of drug-likeness (QED) is 0.417. The van der Waals surface area contributed by atoms with E-state index in [1.807, 2.05) is 31.2 Å². The highest BCUT2D eigenvalue weighted by Crippen LogP contribution is 2.38. The molecule has 2 N–H and O–H groups in total. The number of nitro groups is 1. The molecule has 4 rings (SSSR count). The van der Waals surface area contributed by atoms with Crippen LogP contribution in [0.15, 0.2) is 48.5 Å². The Hall–Kier alpha value is -3.52. The molecule has 0 bridgehead atoms. The lowest BCUT2D eigenvalue weighted by molar-refractivity contribution is -0.384. The van der Waals surface area contributed by atoms with E-state index < -0.39 is 10.8 Å². The zero-order valence-corrected chi connectivity index (χ0v) is 17.8. The topological polar surface area (TPSA) is 101 Å². The van der Waals surface area contributed by atoms with Crippen molar-refractivity contribution in [2.45, 2.75) is 32.6 Å². The van der Waals surface area contributed by atoms with Gasteiger partial charge in [0, 0.05) is 28.3 Å². The second-order valence-corrected chi connectivity index (χ2v) is 8.60. The van der Waals surface area contributed by atoms with Crippen LogP contribution in [-0.2, 0) is 12.8 Å². The van der Waals surface area contributed by atoms with E-state index in [9.17, 15) is 19.7 Å². The minimum absolute atomic E-state index is 0.0821. The van der Waals surface area contributed by atoms with E-state index in [4.69, 9.17) is 0 Å². The van der Waals surface area contributed by atoms with Crippen molar-refractivity contribution >= 4 is 39.5 Å². The van der Waals surface area contributed by atoms with Gasteiger partial charge < -0.3 is 10.6 Å². The number of carbonyl (C=O) groups excluding carboxylic acids is 2. The fourth-order valence-corrected chi connectivity index (χ4v) is 4.92. The number of anilines is 2. The van der Waals surface area contributed by atoms with Gasteiger partial charge in [-0.25, -0.2) is 0 Å². The van der Waals surface area contributed by atoms with Crippen molar-refractivity contribution in [1.82, 2.24) is 0 Å². The van der Waals surface area contributed by atoms with Crippen LogP contribution in [0, 0.1) is 17.0 Å². The van der Waals surface area contributed by atoms with Crippen LogP contribution in [0.4, 0.5) is 16.4 Å².